The van der Waals surface area contributed by atoms with Crippen molar-refractivity contribution in [1.29, 1.82) is 0 Å². The molecule has 0 bridgehead atoms. The van der Waals surface area contributed by atoms with E-state index >= 15 is 0 Å². The predicted octanol–water partition coefficient (Wildman–Crippen LogP) is 5.65. The first-order chi connectivity index (χ1) is 14.4. The Hall–Kier alpha value is -3.72. The summed E-state index contributed by atoms with van der Waals surface area (Å²) in [5.74, 6) is 0. The molecule has 3 nitrogen and oxygen atoms in total. The van der Waals surface area contributed by atoms with Gasteiger partial charge in [-0.3, -0.25) is 0 Å². The molecule has 1 atom stereocenters. The van der Waals surface area contributed by atoms with E-state index in [1.807, 2.05) is 0 Å². The first-order valence-electron chi connectivity index (χ1n) is 10.0. The second-order valence-corrected chi connectivity index (χ2v) is 7.50. The fourth-order valence-electron chi connectivity index (χ4n) is 4.60. The SMILES string of the molecule is C1=CCN2C(=C1)C(c1ccccc1)=CNC2n1c2ccccc2c2ccccc21. The van der Waals surface area contributed by atoms with Crippen LogP contribution in [-0.4, -0.2) is 16.0 Å². The monoisotopic (exact) mass is 375 g/mol. The Morgan fingerprint density at radius 2 is 1.41 bits per heavy atom. The molecular weight excluding hydrogens is 354 g/mol. The lowest BCUT2D eigenvalue weighted by Crippen LogP contribution is -2.43. The number of nitrogens with one attached hydrogen (secondary N) is 1. The number of fused-ring (bicyclic) bond motifs is 4. The minimum atomic E-state index is 0.0171. The molecule has 0 spiro atoms. The zero-order valence-electron chi connectivity index (χ0n) is 16.0. The van der Waals surface area contributed by atoms with Gasteiger partial charge in [-0.05, 0) is 23.8 Å². The lowest BCUT2D eigenvalue weighted by molar-refractivity contribution is 0.188. The van der Waals surface area contributed by atoms with Crippen molar-refractivity contribution in [3.8, 4) is 0 Å². The molecule has 4 aromatic rings. The van der Waals surface area contributed by atoms with Crippen molar-refractivity contribution in [2.24, 2.45) is 0 Å². The van der Waals surface area contributed by atoms with Crippen LogP contribution in [0.25, 0.3) is 27.4 Å². The Balaban J connectivity index is 1.57. The Kier molecular flexibility index (Phi) is 3.60. The van der Waals surface area contributed by atoms with E-state index in [0.717, 1.165) is 6.54 Å². The van der Waals surface area contributed by atoms with Gasteiger partial charge in [-0.2, -0.15) is 0 Å². The first-order valence-corrected chi connectivity index (χ1v) is 10.0. The van der Waals surface area contributed by atoms with Gasteiger partial charge in [-0.25, -0.2) is 0 Å². The number of hydrogen-bond acceptors (Lipinski definition) is 2. The molecule has 0 saturated carbocycles. The molecule has 0 amide bonds. The maximum atomic E-state index is 3.71. The number of aromatic nitrogens is 1. The van der Waals surface area contributed by atoms with Gasteiger partial charge in [-0.15, -0.1) is 0 Å². The van der Waals surface area contributed by atoms with Crippen molar-refractivity contribution in [3.63, 3.8) is 0 Å². The summed E-state index contributed by atoms with van der Waals surface area (Å²) < 4.78 is 2.43. The number of rotatable bonds is 2. The average molecular weight is 375 g/mol. The predicted molar refractivity (Wildman–Crippen MR) is 120 cm³/mol. The molecule has 2 aliphatic heterocycles. The van der Waals surface area contributed by atoms with E-state index in [4.69, 9.17) is 0 Å². The van der Waals surface area contributed by atoms with Gasteiger partial charge >= 0.3 is 0 Å². The van der Waals surface area contributed by atoms with Gasteiger partial charge in [0.15, 0.2) is 6.29 Å². The van der Waals surface area contributed by atoms with Crippen LogP contribution in [0.3, 0.4) is 0 Å². The molecule has 1 unspecified atom stereocenters. The quantitative estimate of drug-likeness (QED) is 0.488. The van der Waals surface area contributed by atoms with Crippen LogP contribution in [0, 0.1) is 0 Å². The molecule has 0 radical (unpaired) electrons. The summed E-state index contributed by atoms with van der Waals surface area (Å²) in [7, 11) is 0. The van der Waals surface area contributed by atoms with E-state index in [-0.39, 0.29) is 6.29 Å². The van der Waals surface area contributed by atoms with E-state index in [1.54, 1.807) is 0 Å². The zero-order chi connectivity index (χ0) is 19.2. The fourth-order valence-corrected chi connectivity index (χ4v) is 4.60. The molecule has 29 heavy (non-hydrogen) atoms. The van der Waals surface area contributed by atoms with Crippen LogP contribution in [0.15, 0.2) is 109 Å². The highest BCUT2D eigenvalue weighted by atomic mass is 15.4. The van der Waals surface area contributed by atoms with Crippen molar-refractivity contribution in [1.82, 2.24) is 14.8 Å². The molecule has 1 aromatic heterocycles. The van der Waals surface area contributed by atoms with Crippen LogP contribution < -0.4 is 5.32 Å². The normalized spacial score (nSPS) is 18.3. The Labute approximate surface area is 169 Å². The van der Waals surface area contributed by atoms with E-state index in [1.165, 1.54) is 38.6 Å². The van der Waals surface area contributed by atoms with Crippen molar-refractivity contribution < 1.29 is 0 Å². The van der Waals surface area contributed by atoms with E-state index in [2.05, 4.69) is 118 Å². The molecule has 0 fully saturated rings. The summed E-state index contributed by atoms with van der Waals surface area (Å²) in [6.07, 6.45) is 8.80. The lowest BCUT2D eigenvalue weighted by atomic mass is 9.99. The van der Waals surface area contributed by atoms with Crippen molar-refractivity contribution in [2.45, 2.75) is 6.29 Å². The molecule has 140 valence electrons. The molecule has 3 aromatic carbocycles. The lowest BCUT2D eigenvalue weighted by Gasteiger charge is -2.41. The number of nitrogens with zero attached hydrogens (tertiary/aromatic N) is 2. The summed E-state index contributed by atoms with van der Waals surface area (Å²) in [4.78, 5) is 2.45. The second kappa shape index (κ2) is 6.42. The maximum absolute atomic E-state index is 3.71. The highest BCUT2D eigenvalue weighted by molar-refractivity contribution is 6.08. The Morgan fingerprint density at radius 3 is 2.14 bits per heavy atom. The topological polar surface area (TPSA) is 20.2 Å². The summed E-state index contributed by atoms with van der Waals surface area (Å²) in [6.45, 7) is 0.870. The van der Waals surface area contributed by atoms with Crippen molar-refractivity contribution in [2.75, 3.05) is 6.54 Å². The van der Waals surface area contributed by atoms with Crippen molar-refractivity contribution >= 4 is 27.4 Å². The molecule has 0 saturated heterocycles. The molecular formula is C26H21N3. The average Bonchev–Trinajstić information content (AvgIpc) is 3.13. The third-order valence-electron chi connectivity index (χ3n) is 5.90. The van der Waals surface area contributed by atoms with Gasteiger partial charge < -0.3 is 14.8 Å². The zero-order valence-corrected chi connectivity index (χ0v) is 16.0. The number of hydrogen-bond donors (Lipinski definition) is 1. The Bertz CT molecular complexity index is 1250. The molecule has 0 aliphatic carbocycles. The molecule has 3 heterocycles. The molecule has 6 rings (SSSR count). The summed E-state index contributed by atoms with van der Waals surface area (Å²) in [6, 6.07) is 28.0. The summed E-state index contributed by atoms with van der Waals surface area (Å²) >= 11 is 0. The van der Waals surface area contributed by atoms with E-state index < -0.39 is 0 Å². The van der Waals surface area contributed by atoms with E-state index in [9.17, 15) is 0 Å². The Morgan fingerprint density at radius 1 is 0.759 bits per heavy atom. The minimum Gasteiger partial charge on any atom is -0.353 e. The van der Waals surface area contributed by atoms with Crippen LogP contribution >= 0.6 is 0 Å². The number of para-hydroxylation sites is 2. The van der Waals surface area contributed by atoms with Gasteiger partial charge in [0.2, 0.25) is 0 Å². The maximum Gasteiger partial charge on any atom is 0.183 e. The molecule has 3 heteroatoms. The third kappa shape index (κ3) is 2.44. The fraction of sp³-hybridized carbons (Fsp3) is 0.0769. The summed E-state index contributed by atoms with van der Waals surface area (Å²) in [5, 5.41) is 6.29. The van der Waals surface area contributed by atoms with Crippen LogP contribution in [0.4, 0.5) is 0 Å². The van der Waals surface area contributed by atoms with Gasteiger partial charge in [0, 0.05) is 34.8 Å². The van der Waals surface area contributed by atoms with Gasteiger partial charge in [0.1, 0.15) is 0 Å². The van der Waals surface area contributed by atoms with Crippen LogP contribution in [0.2, 0.25) is 0 Å². The first kappa shape index (κ1) is 16.3. The van der Waals surface area contributed by atoms with E-state index in [0.29, 0.717) is 0 Å². The smallest absolute Gasteiger partial charge is 0.183 e. The second-order valence-electron chi connectivity index (χ2n) is 7.50. The van der Waals surface area contributed by atoms with Gasteiger partial charge in [-0.1, -0.05) is 78.9 Å². The number of benzene rings is 3. The molecule has 2 aliphatic rings. The van der Waals surface area contributed by atoms with Gasteiger partial charge in [0.25, 0.3) is 0 Å². The highest BCUT2D eigenvalue weighted by Gasteiger charge is 2.30. The minimum absolute atomic E-state index is 0.0171. The van der Waals surface area contributed by atoms with Crippen LogP contribution in [0.5, 0.6) is 0 Å². The van der Waals surface area contributed by atoms with Gasteiger partial charge in [0.05, 0.1) is 11.0 Å². The largest absolute Gasteiger partial charge is 0.353 e. The van der Waals surface area contributed by atoms with Crippen LogP contribution in [-0.2, 0) is 0 Å². The standard InChI is InChI=1S/C26H21N3/c1-2-10-19(11-3-1)22-18-27-26(28-17-9-8-14-23(22)28)29-24-15-6-4-12-20(24)21-13-5-7-16-25(21)29/h1-16,18,26-27H,17H2. The van der Waals surface area contributed by atoms with Crippen molar-refractivity contribution in [3.05, 3.63) is 115 Å². The number of allylic oxidation sites excluding steroid dienone is 3. The molecule has 1 N–H and O–H groups in total. The third-order valence-corrected chi connectivity index (χ3v) is 5.90. The summed E-state index contributed by atoms with van der Waals surface area (Å²) in [5.41, 5.74) is 6.21. The highest BCUT2D eigenvalue weighted by Crippen LogP contribution is 2.38. The van der Waals surface area contributed by atoms with Crippen LogP contribution in [0.1, 0.15) is 11.9 Å².